The molecule has 0 aromatic heterocycles. The highest BCUT2D eigenvalue weighted by atomic mass is 16.6. The Bertz CT molecular complexity index is 1660. The van der Waals surface area contributed by atoms with E-state index in [-0.39, 0.29) is 44.9 Å². The lowest BCUT2D eigenvalue weighted by molar-refractivity contribution is 0.0425. The van der Waals surface area contributed by atoms with Crippen LogP contribution in [0.1, 0.15) is 128 Å². The minimum Gasteiger partial charge on any atom is -0.423 e. The van der Waals surface area contributed by atoms with Crippen molar-refractivity contribution >= 4 is 35.8 Å². The first kappa shape index (κ1) is 30.3. The summed E-state index contributed by atoms with van der Waals surface area (Å²) in [4.78, 5) is 74.6. The van der Waals surface area contributed by atoms with Gasteiger partial charge in [-0.2, -0.15) is 0 Å². The van der Waals surface area contributed by atoms with Crippen molar-refractivity contribution in [3.8, 4) is 11.5 Å². The Morgan fingerprint density at radius 2 is 0.909 bits per heavy atom. The van der Waals surface area contributed by atoms with Crippen LogP contribution in [0.2, 0.25) is 0 Å². The first-order chi connectivity index (χ1) is 20.7. The summed E-state index contributed by atoms with van der Waals surface area (Å²) in [5.74, 6) is -4.24. The van der Waals surface area contributed by atoms with Gasteiger partial charge >= 0.3 is 35.8 Å². The Hall–Kier alpha value is -5.12. The molecule has 0 N–H and O–H groups in total. The van der Waals surface area contributed by atoms with E-state index in [1.165, 1.54) is 36.4 Å². The summed E-state index contributed by atoms with van der Waals surface area (Å²) in [5, 5.41) is 0. The third kappa shape index (κ3) is 5.27. The van der Waals surface area contributed by atoms with Gasteiger partial charge in [0, 0.05) is 11.1 Å². The van der Waals surface area contributed by atoms with Crippen LogP contribution in [0.15, 0.2) is 48.5 Å². The van der Waals surface area contributed by atoms with Gasteiger partial charge in [0.25, 0.3) is 0 Å². The third-order valence-corrected chi connectivity index (χ3v) is 8.47. The normalized spacial score (nSPS) is 14.1. The van der Waals surface area contributed by atoms with Crippen molar-refractivity contribution in [3.63, 3.8) is 0 Å². The third-order valence-electron chi connectivity index (χ3n) is 8.47. The summed E-state index contributed by atoms with van der Waals surface area (Å²) < 4.78 is 21.1. The molecule has 5 rings (SSSR count). The number of fused-ring (bicyclic) bond motifs is 2. The lowest BCUT2D eigenvalue weighted by Gasteiger charge is -2.31. The maximum absolute atomic E-state index is 13.4. The first-order valence-corrected chi connectivity index (χ1v) is 14.1. The molecule has 0 aliphatic carbocycles. The van der Waals surface area contributed by atoms with Crippen LogP contribution in [0.3, 0.4) is 0 Å². The fraction of sp³-hybridized carbons (Fsp3) is 0.294. The first-order valence-electron chi connectivity index (χ1n) is 14.1. The second-order valence-electron chi connectivity index (χ2n) is 12.0. The van der Waals surface area contributed by atoms with Gasteiger partial charge in [-0.1, -0.05) is 41.5 Å². The molecule has 226 valence electrons. The van der Waals surface area contributed by atoms with Crippen LogP contribution in [0.25, 0.3) is 0 Å². The van der Waals surface area contributed by atoms with Crippen molar-refractivity contribution in [2.75, 3.05) is 0 Å². The Morgan fingerprint density at radius 1 is 0.568 bits per heavy atom. The Labute approximate surface area is 253 Å². The minimum atomic E-state index is -0.836. The summed E-state index contributed by atoms with van der Waals surface area (Å²) in [6, 6.07) is 11.4. The van der Waals surface area contributed by atoms with Gasteiger partial charge in [0.1, 0.15) is 11.5 Å². The van der Waals surface area contributed by atoms with E-state index in [4.69, 9.17) is 9.47 Å². The molecule has 2 aliphatic rings. The number of benzene rings is 3. The molecule has 0 spiro atoms. The summed E-state index contributed by atoms with van der Waals surface area (Å²) in [6.07, 6.45) is 1.27. The van der Waals surface area contributed by atoms with Gasteiger partial charge in [0.15, 0.2) is 0 Å². The molecule has 0 unspecified atom stereocenters. The highest BCUT2D eigenvalue weighted by molar-refractivity contribution is 6.16. The van der Waals surface area contributed by atoms with Crippen molar-refractivity contribution in [1.29, 1.82) is 0 Å². The zero-order valence-electron chi connectivity index (χ0n) is 25.1. The topological polar surface area (TPSA) is 139 Å². The molecule has 0 amide bonds. The zero-order chi connectivity index (χ0) is 32.1. The monoisotopic (exact) mass is 598 g/mol. The average Bonchev–Trinajstić information content (AvgIpc) is 3.45. The van der Waals surface area contributed by atoms with Gasteiger partial charge in [-0.25, -0.2) is 28.8 Å². The predicted octanol–water partition coefficient (Wildman–Crippen LogP) is 6.12. The highest BCUT2D eigenvalue weighted by Crippen LogP contribution is 2.44. The zero-order valence-corrected chi connectivity index (χ0v) is 25.1. The number of carbonyl (C=O) groups excluding carboxylic acids is 6. The maximum atomic E-state index is 13.4. The smallest absolute Gasteiger partial charge is 0.346 e. The van der Waals surface area contributed by atoms with Gasteiger partial charge in [0.05, 0.1) is 33.4 Å². The molecule has 3 aromatic carbocycles. The van der Waals surface area contributed by atoms with Gasteiger partial charge in [-0.05, 0) is 72.2 Å². The number of carbonyl (C=O) groups is 6. The maximum Gasteiger partial charge on any atom is 0.346 e. The Kier molecular flexibility index (Phi) is 7.49. The molecule has 10 nitrogen and oxygen atoms in total. The van der Waals surface area contributed by atoms with Crippen LogP contribution in [-0.2, 0) is 20.3 Å². The molecule has 3 aromatic rings. The number of cyclic esters (lactones) is 4. The van der Waals surface area contributed by atoms with Crippen molar-refractivity contribution < 1.29 is 47.7 Å². The Balaban J connectivity index is 1.56. The Morgan fingerprint density at radius 3 is 1.25 bits per heavy atom. The molecule has 0 fully saturated rings. The molecule has 2 heterocycles. The SMILES string of the molecule is CCC(C)(C)c1cc(OC(=O)c2ccc3c(c2)C(=O)OC3=O)c(C(C)(C)CC)cc1OC(=O)c1ccc2c(c1)C(=O)OC2=O. The van der Waals surface area contributed by atoms with Crippen LogP contribution >= 0.6 is 0 Å². The lowest BCUT2D eigenvalue weighted by Crippen LogP contribution is -2.24. The molecule has 0 atom stereocenters. The van der Waals surface area contributed by atoms with Crippen molar-refractivity contribution in [1.82, 2.24) is 0 Å². The van der Waals surface area contributed by atoms with Crippen LogP contribution in [0, 0.1) is 0 Å². The van der Waals surface area contributed by atoms with Gasteiger partial charge in [-0.15, -0.1) is 0 Å². The van der Waals surface area contributed by atoms with Crippen molar-refractivity contribution in [2.24, 2.45) is 0 Å². The fourth-order valence-corrected chi connectivity index (χ4v) is 4.91. The van der Waals surface area contributed by atoms with E-state index in [1.807, 2.05) is 41.5 Å². The van der Waals surface area contributed by atoms with E-state index in [0.717, 1.165) is 0 Å². The van der Waals surface area contributed by atoms with Crippen molar-refractivity contribution in [3.05, 3.63) is 93.0 Å². The largest absolute Gasteiger partial charge is 0.423 e. The van der Waals surface area contributed by atoms with Crippen molar-refractivity contribution in [2.45, 2.75) is 65.2 Å². The molecule has 0 bridgehead atoms. The van der Waals surface area contributed by atoms with Crippen LogP contribution < -0.4 is 9.47 Å². The average molecular weight is 599 g/mol. The molecule has 2 aliphatic heterocycles. The second kappa shape index (κ2) is 10.9. The molecule has 10 heteroatoms. The highest BCUT2D eigenvalue weighted by Gasteiger charge is 2.34. The summed E-state index contributed by atoms with van der Waals surface area (Å²) in [6.45, 7) is 11.8. The number of hydrogen-bond acceptors (Lipinski definition) is 10. The van der Waals surface area contributed by atoms with Crippen LogP contribution in [-0.4, -0.2) is 35.8 Å². The molecule has 0 radical (unpaired) electrons. The predicted molar refractivity (Wildman–Crippen MR) is 155 cm³/mol. The fourth-order valence-electron chi connectivity index (χ4n) is 4.91. The molecule has 44 heavy (non-hydrogen) atoms. The summed E-state index contributed by atoms with van der Waals surface area (Å²) in [7, 11) is 0. The standard InChI is InChI=1S/C34H30O10/c1-7-33(3,4)23-15-26(42-28(36)18-10-12-20-22(14-18)32(40)44-30(20)38)24(34(5,6)8-2)16-25(23)41-27(35)17-9-11-19-21(13-17)31(39)43-29(19)37/h9-16H,7-8H2,1-6H3. The van der Waals surface area contributed by atoms with Gasteiger partial charge in [0.2, 0.25) is 0 Å². The molecule has 0 saturated heterocycles. The molecular formula is C34H30O10. The van der Waals surface area contributed by atoms with E-state index in [1.54, 1.807) is 12.1 Å². The number of ether oxygens (including phenoxy) is 4. The number of hydrogen-bond donors (Lipinski definition) is 0. The van der Waals surface area contributed by atoms with Gasteiger partial charge < -0.3 is 18.9 Å². The quantitative estimate of drug-likeness (QED) is 0.169. The summed E-state index contributed by atoms with van der Waals surface area (Å²) in [5.41, 5.74) is 0.308. The summed E-state index contributed by atoms with van der Waals surface area (Å²) >= 11 is 0. The lowest BCUT2D eigenvalue weighted by atomic mass is 9.77. The van der Waals surface area contributed by atoms with Crippen LogP contribution in [0.5, 0.6) is 11.5 Å². The number of esters is 6. The van der Waals surface area contributed by atoms with Crippen LogP contribution in [0.4, 0.5) is 0 Å². The molecule has 0 saturated carbocycles. The van der Waals surface area contributed by atoms with Gasteiger partial charge in [-0.3, -0.25) is 0 Å². The second-order valence-corrected chi connectivity index (χ2v) is 12.0. The van der Waals surface area contributed by atoms with E-state index in [0.29, 0.717) is 24.0 Å². The minimum absolute atomic E-state index is 0.0159. The number of rotatable bonds is 8. The van der Waals surface area contributed by atoms with E-state index in [2.05, 4.69) is 9.47 Å². The molecular weight excluding hydrogens is 568 g/mol. The van der Waals surface area contributed by atoms with E-state index in [9.17, 15) is 28.8 Å². The van der Waals surface area contributed by atoms with E-state index < -0.39 is 46.6 Å². The van der Waals surface area contributed by atoms with E-state index >= 15 is 0 Å².